The van der Waals surface area contributed by atoms with E-state index in [-0.39, 0.29) is 5.92 Å². The molecule has 0 radical (unpaired) electrons. The molecule has 1 aromatic rings. The van der Waals surface area contributed by atoms with Crippen LogP contribution in [0.25, 0.3) is 0 Å². The fourth-order valence-electron chi connectivity index (χ4n) is 2.98. The molecule has 1 aliphatic rings. The molecule has 0 aromatic heterocycles. The van der Waals surface area contributed by atoms with E-state index < -0.39 is 0 Å². The van der Waals surface area contributed by atoms with Gasteiger partial charge in [0, 0.05) is 16.0 Å². The topological polar surface area (TPSA) is 17.1 Å². The van der Waals surface area contributed by atoms with Gasteiger partial charge in [0.05, 0.1) is 0 Å². The first-order valence-electron chi connectivity index (χ1n) is 6.92. The largest absolute Gasteiger partial charge is 0.294 e. The second kappa shape index (κ2) is 6.01. The van der Waals surface area contributed by atoms with Crippen LogP contribution in [-0.4, -0.2) is 5.78 Å². The average molecular weight is 309 g/mol. The zero-order valence-corrected chi connectivity index (χ0v) is 12.8. The molecule has 0 N–H and O–H groups in total. The molecule has 0 amide bonds. The molecule has 1 fully saturated rings. The van der Waals surface area contributed by atoms with E-state index in [9.17, 15) is 4.79 Å². The lowest BCUT2D eigenvalue weighted by molar-refractivity contribution is 0.0861. The number of hydrogen-bond acceptors (Lipinski definition) is 1. The number of Topliss-reactive ketones (excluding diaryl/α,β-unsaturated/α-hetero) is 1. The second-order valence-corrected chi connectivity index (χ2v) is 6.38. The van der Waals surface area contributed by atoms with Crippen LogP contribution >= 0.6 is 15.9 Å². The predicted molar refractivity (Wildman–Crippen MR) is 78.9 cm³/mol. The summed E-state index contributed by atoms with van der Waals surface area (Å²) in [6, 6.07) is 6.01. The van der Waals surface area contributed by atoms with Crippen molar-refractivity contribution in [3.05, 3.63) is 33.8 Å². The molecule has 1 saturated carbocycles. The van der Waals surface area contributed by atoms with Crippen molar-refractivity contribution in [3.8, 4) is 0 Å². The van der Waals surface area contributed by atoms with E-state index in [2.05, 4.69) is 22.9 Å². The molecule has 2 atom stereocenters. The first-order valence-corrected chi connectivity index (χ1v) is 7.71. The number of rotatable bonds is 3. The van der Waals surface area contributed by atoms with Crippen LogP contribution < -0.4 is 0 Å². The maximum Gasteiger partial charge on any atom is 0.166 e. The molecular weight excluding hydrogens is 288 g/mol. The maximum atomic E-state index is 12.6. The molecule has 0 aliphatic heterocycles. The Kier molecular flexibility index (Phi) is 4.60. The number of aryl methyl sites for hydroxylation is 1. The molecule has 98 valence electrons. The van der Waals surface area contributed by atoms with Crippen LogP contribution in [0.3, 0.4) is 0 Å². The number of ketones is 1. The van der Waals surface area contributed by atoms with E-state index >= 15 is 0 Å². The van der Waals surface area contributed by atoms with Gasteiger partial charge in [-0.15, -0.1) is 0 Å². The third-order valence-corrected chi connectivity index (χ3v) is 4.69. The van der Waals surface area contributed by atoms with E-state index in [0.29, 0.717) is 5.78 Å². The smallest absolute Gasteiger partial charge is 0.166 e. The SMILES string of the molecule is CCC1CCCC(C(=O)c2cc(Br)ccc2C)C1. The predicted octanol–water partition coefficient (Wildman–Crippen LogP) is 5.16. The van der Waals surface area contributed by atoms with Gasteiger partial charge in [-0.05, 0) is 43.4 Å². The fraction of sp³-hybridized carbons (Fsp3) is 0.562. The summed E-state index contributed by atoms with van der Waals surface area (Å²) in [5.74, 6) is 1.35. The van der Waals surface area contributed by atoms with Crippen molar-refractivity contribution in [2.24, 2.45) is 11.8 Å². The summed E-state index contributed by atoms with van der Waals surface area (Å²) in [6.45, 7) is 4.27. The molecule has 0 heterocycles. The summed E-state index contributed by atoms with van der Waals surface area (Å²) >= 11 is 3.46. The molecular formula is C16H21BrO. The Morgan fingerprint density at radius 1 is 1.39 bits per heavy atom. The van der Waals surface area contributed by atoms with Gasteiger partial charge >= 0.3 is 0 Å². The van der Waals surface area contributed by atoms with Crippen LogP contribution in [-0.2, 0) is 0 Å². The van der Waals surface area contributed by atoms with Crippen molar-refractivity contribution in [3.63, 3.8) is 0 Å². The highest BCUT2D eigenvalue weighted by molar-refractivity contribution is 9.10. The first-order chi connectivity index (χ1) is 8.61. The van der Waals surface area contributed by atoms with E-state index in [4.69, 9.17) is 0 Å². The lowest BCUT2D eigenvalue weighted by Crippen LogP contribution is -2.23. The lowest BCUT2D eigenvalue weighted by Gasteiger charge is -2.27. The fourth-order valence-corrected chi connectivity index (χ4v) is 3.34. The number of benzene rings is 1. The van der Waals surface area contributed by atoms with Gasteiger partial charge in [-0.25, -0.2) is 0 Å². The van der Waals surface area contributed by atoms with Crippen molar-refractivity contribution in [2.75, 3.05) is 0 Å². The molecule has 2 unspecified atom stereocenters. The summed E-state index contributed by atoms with van der Waals surface area (Å²) in [5.41, 5.74) is 2.01. The van der Waals surface area contributed by atoms with E-state index in [1.165, 1.54) is 19.3 Å². The number of hydrogen-bond donors (Lipinski definition) is 0. The standard InChI is InChI=1S/C16H21BrO/c1-3-12-5-4-6-13(9-12)16(18)15-10-14(17)8-7-11(15)2/h7-8,10,12-13H,3-6,9H2,1-2H3. The summed E-state index contributed by atoms with van der Waals surface area (Å²) in [7, 11) is 0. The van der Waals surface area contributed by atoms with Crippen molar-refractivity contribution < 1.29 is 4.79 Å². The zero-order valence-electron chi connectivity index (χ0n) is 11.2. The Labute approximate surface area is 118 Å². The Bertz CT molecular complexity index is 439. The molecule has 1 aromatic carbocycles. The van der Waals surface area contributed by atoms with Crippen molar-refractivity contribution in [1.29, 1.82) is 0 Å². The quantitative estimate of drug-likeness (QED) is 0.705. The molecule has 0 spiro atoms. The second-order valence-electron chi connectivity index (χ2n) is 5.46. The van der Waals surface area contributed by atoms with Gasteiger partial charge in [-0.3, -0.25) is 4.79 Å². The highest BCUT2D eigenvalue weighted by Gasteiger charge is 2.27. The van der Waals surface area contributed by atoms with Crippen molar-refractivity contribution in [1.82, 2.24) is 0 Å². The molecule has 1 nitrogen and oxygen atoms in total. The summed E-state index contributed by atoms with van der Waals surface area (Å²) < 4.78 is 0.999. The molecule has 18 heavy (non-hydrogen) atoms. The minimum atomic E-state index is 0.247. The Balaban J connectivity index is 2.17. The third kappa shape index (κ3) is 3.03. The normalized spacial score (nSPS) is 23.9. The van der Waals surface area contributed by atoms with E-state index in [1.807, 2.05) is 25.1 Å². The van der Waals surface area contributed by atoms with E-state index in [0.717, 1.165) is 34.4 Å². The number of halogens is 1. The van der Waals surface area contributed by atoms with Crippen LogP contribution in [0.1, 0.15) is 54.9 Å². The number of carbonyl (C=O) groups is 1. The molecule has 0 bridgehead atoms. The Morgan fingerprint density at radius 3 is 2.89 bits per heavy atom. The van der Waals surface area contributed by atoms with E-state index in [1.54, 1.807) is 0 Å². The zero-order chi connectivity index (χ0) is 13.1. The minimum Gasteiger partial charge on any atom is -0.294 e. The Hall–Kier alpha value is -0.630. The average Bonchev–Trinajstić information content (AvgIpc) is 2.41. The van der Waals surface area contributed by atoms with Crippen LogP contribution in [0.5, 0.6) is 0 Å². The molecule has 1 aliphatic carbocycles. The molecule has 2 heteroatoms. The molecule has 2 rings (SSSR count). The lowest BCUT2D eigenvalue weighted by atomic mass is 9.76. The van der Waals surface area contributed by atoms with Crippen LogP contribution in [0.4, 0.5) is 0 Å². The third-order valence-electron chi connectivity index (χ3n) is 4.20. The minimum absolute atomic E-state index is 0.247. The molecule has 0 saturated heterocycles. The van der Waals surface area contributed by atoms with Gasteiger partial charge in [0.25, 0.3) is 0 Å². The van der Waals surface area contributed by atoms with Crippen LogP contribution in [0, 0.1) is 18.8 Å². The highest BCUT2D eigenvalue weighted by atomic mass is 79.9. The van der Waals surface area contributed by atoms with Crippen molar-refractivity contribution >= 4 is 21.7 Å². The van der Waals surface area contributed by atoms with Crippen LogP contribution in [0.15, 0.2) is 22.7 Å². The van der Waals surface area contributed by atoms with Gasteiger partial charge in [-0.1, -0.05) is 48.2 Å². The van der Waals surface area contributed by atoms with Crippen LogP contribution in [0.2, 0.25) is 0 Å². The van der Waals surface area contributed by atoms with Gasteiger partial charge in [0.1, 0.15) is 0 Å². The Morgan fingerprint density at radius 2 is 2.17 bits per heavy atom. The summed E-state index contributed by atoms with van der Waals surface area (Å²) in [4.78, 5) is 12.6. The van der Waals surface area contributed by atoms with Gasteiger partial charge < -0.3 is 0 Å². The number of carbonyl (C=O) groups excluding carboxylic acids is 1. The monoisotopic (exact) mass is 308 g/mol. The first kappa shape index (κ1) is 13.8. The summed E-state index contributed by atoms with van der Waals surface area (Å²) in [5, 5.41) is 0. The summed E-state index contributed by atoms with van der Waals surface area (Å²) in [6.07, 6.45) is 5.88. The van der Waals surface area contributed by atoms with Gasteiger partial charge in [0.15, 0.2) is 5.78 Å². The van der Waals surface area contributed by atoms with Crippen molar-refractivity contribution in [2.45, 2.75) is 46.0 Å². The van der Waals surface area contributed by atoms with Gasteiger partial charge in [0.2, 0.25) is 0 Å². The van der Waals surface area contributed by atoms with Gasteiger partial charge in [-0.2, -0.15) is 0 Å². The maximum absolute atomic E-state index is 12.6. The highest BCUT2D eigenvalue weighted by Crippen LogP contribution is 2.33.